The van der Waals surface area contributed by atoms with E-state index >= 15 is 0 Å². The maximum atomic E-state index is 13.1. The van der Waals surface area contributed by atoms with Crippen molar-refractivity contribution < 1.29 is 28.9 Å². The van der Waals surface area contributed by atoms with E-state index in [2.05, 4.69) is 15.5 Å². The molecule has 1 fully saturated rings. The minimum atomic E-state index is -1.19. The van der Waals surface area contributed by atoms with Crippen LogP contribution in [0, 0.1) is 0 Å². The smallest absolute Gasteiger partial charge is 0.352 e. The molecule has 0 aliphatic carbocycles. The highest BCUT2D eigenvalue weighted by atomic mass is 32.2. The molecule has 5 heterocycles. The lowest BCUT2D eigenvalue weighted by molar-refractivity contribution is -0.662. The fraction of sp³-hybridized carbons (Fsp3) is 0.304. The second-order valence-electron chi connectivity index (χ2n) is 8.68. The number of aliphatic carboxylic acids is 1. The van der Waals surface area contributed by atoms with E-state index in [0.717, 1.165) is 17.0 Å². The van der Waals surface area contributed by atoms with Crippen LogP contribution < -0.4 is 15.6 Å². The highest BCUT2D eigenvalue weighted by Crippen LogP contribution is 2.40. The number of rotatable bonds is 8. The molecule has 3 aromatic rings. The number of β-lactam (4-membered cyclic amide) rings is 1. The Morgan fingerprint density at radius 2 is 2.19 bits per heavy atom. The van der Waals surface area contributed by atoms with Crippen LogP contribution >= 0.6 is 23.1 Å². The number of hydrogen-bond acceptors (Lipinski definition) is 9. The number of imidazole rings is 1. The zero-order valence-electron chi connectivity index (χ0n) is 19.9. The number of aromatic nitrogens is 3. The summed E-state index contributed by atoms with van der Waals surface area (Å²) in [6.45, 7) is 3.83. The molecule has 4 N–H and O–H groups in total. The number of hydrogen-bond donors (Lipinski definition) is 3. The molecule has 0 spiro atoms. The van der Waals surface area contributed by atoms with Gasteiger partial charge in [0.1, 0.15) is 47.8 Å². The van der Waals surface area contributed by atoms with Crippen LogP contribution in [0.25, 0.3) is 5.65 Å². The molecule has 0 saturated carbocycles. The highest BCUT2D eigenvalue weighted by molar-refractivity contribution is 8.00. The number of carbonyl (C=O) groups excluding carboxylic acids is 2. The van der Waals surface area contributed by atoms with Crippen LogP contribution in [0.4, 0.5) is 5.13 Å². The third-order valence-electron chi connectivity index (χ3n) is 5.80. The number of pyridine rings is 1. The topological polar surface area (TPSA) is 156 Å². The van der Waals surface area contributed by atoms with Gasteiger partial charge in [-0.25, -0.2) is 18.7 Å². The lowest BCUT2D eigenvalue weighted by Gasteiger charge is -2.49. The molecule has 192 valence electrons. The SMILES string of the molecule is CC(C)O/N=C(\C(=O)N[C@@H]1C(=O)N2C(C(=O)O)=C(C[n+]3ccn4ccccc43)CS[C@H]12)c1csc(N)n1. The Balaban J connectivity index is 1.37. The lowest BCUT2D eigenvalue weighted by Crippen LogP contribution is -2.71. The summed E-state index contributed by atoms with van der Waals surface area (Å²) >= 11 is 2.54. The van der Waals surface area contributed by atoms with Crippen molar-refractivity contribution in [1.82, 2.24) is 19.6 Å². The predicted octanol–water partition coefficient (Wildman–Crippen LogP) is 0.833. The van der Waals surface area contributed by atoms with Crippen LogP contribution in [0.5, 0.6) is 0 Å². The van der Waals surface area contributed by atoms with Crippen molar-refractivity contribution in [3.8, 4) is 0 Å². The zero-order valence-corrected chi connectivity index (χ0v) is 21.5. The summed E-state index contributed by atoms with van der Waals surface area (Å²) in [6.07, 6.45) is 5.37. The Labute approximate surface area is 219 Å². The summed E-state index contributed by atoms with van der Waals surface area (Å²) < 4.78 is 3.86. The predicted molar refractivity (Wildman–Crippen MR) is 137 cm³/mol. The zero-order chi connectivity index (χ0) is 26.3. The number of nitrogens with one attached hydrogen (secondary N) is 1. The summed E-state index contributed by atoms with van der Waals surface area (Å²) in [5.41, 5.74) is 7.28. The molecule has 1 saturated heterocycles. The van der Waals surface area contributed by atoms with Gasteiger partial charge in [-0.2, -0.15) is 0 Å². The van der Waals surface area contributed by atoms with E-state index in [-0.39, 0.29) is 28.3 Å². The largest absolute Gasteiger partial charge is 0.477 e. The molecule has 2 atom stereocenters. The van der Waals surface area contributed by atoms with Crippen LogP contribution in [0.1, 0.15) is 19.5 Å². The van der Waals surface area contributed by atoms with Gasteiger partial charge in [-0.3, -0.25) is 14.5 Å². The second-order valence-corrected chi connectivity index (χ2v) is 10.7. The number of carboxylic acids is 1. The fourth-order valence-corrected chi connectivity index (χ4v) is 6.04. The summed E-state index contributed by atoms with van der Waals surface area (Å²) in [4.78, 5) is 49.1. The van der Waals surface area contributed by atoms with Gasteiger partial charge in [0, 0.05) is 22.8 Å². The molecule has 37 heavy (non-hydrogen) atoms. The van der Waals surface area contributed by atoms with Gasteiger partial charge >= 0.3 is 5.97 Å². The number of nitrogens with zero attached hydrogens (tertiary/aromatic N) is 5. The number of amides is 2. The second kappa shape index (κ2) is 9.86. The molecule has 2 aliphatic rings. The number of thioether (sulfide) groups is 1. The first-order valence-corrected chi connectivity index (χ1v) is 13.3. The van der Waals surface area contributed by atoms with Crippen molar-refractivity contribution >= 4 is 57.4 Å². The number of nitrogens with two attached hydrogens (primary N) is 1. The minimum Gasteiger partial charge on any atom is -0.477 e. The first-order valence-electron chi connectivity index (χ1n) is 11.4. The number of nitrogen functional groups attached to an aromatic ring is 1. The van der Waals surface area contributed by atoms with E-state index in [4.69, 9.17) is 10.6 Å². The minimum absolute atomic E-state index is 0.0497. The Kier molecular flexibility index (Phi) is 6.60. The number of carbonyl (C=O) groups is 3. The highest BCUT2D eigenvalue weighted by Gasteiger charge is 2.54. The van der Waals surface area contributed by atoms with E-state index in [1.165, 1.54) is 16.7 Å². The van der Waals surface area contributed by atoms with Crippen molar-refractivity contribution in [1.29, 1.82) is 0 Å². The quantitative estimate of drug-likeness (QED) is 0.164. The Hall–Kier alpha value is -3.91. The number of carboxylic acid groups (broad SMARTS) is 1. The number of anilines is 1. The van der Waals surface area contributed by atoms with Crippen LogP contribution in [0.3, 0.4) is 0 Å². The molecule has 12 nitrogen and oxygen atoms in total. The van der Waals surface area contributed by atoms with E-state index < -0.39 is 29.2 Å². The van der Waals surface area contributed by atoms with Crippen LogP contribution in [0.2, 0.25) is 0 Å². The van der Waals surface area contributed by atoms with E-state index in [1.54, 1.807) is 19.2 Å². The van der Waals surface area contributed by atoms with Crippen molar-refractivity contribution in [3.63, 3.8) is 0 Å². The van der Waals surface area contributed by atoms with E-state index in [1.807, 2.05) is 45.8 Å². The monoisotopic (exact) mass is 542 g/mol. The molecule has 0 bridgehead atoms. The normalized spacial score (nSPS) is 19.7. The maximum Gasteiger partial charge on any atom is 0.352 e. The molecule has 14 heteroatoms. The molecule has 0 unspecified atom stereocenters. The molecule has 0 radical (unpaired) electrons. The van der Waals surface area contributed by atoms with Crippen LogP contribution in [-0.2, 0) is 25.8 Å². The third-order valence-corrected chi connectivity index (χ3v) is 7.81. The lowest BCUT2D eigenvalue weighted by atomic mass is 10.0. The van der Waals surface area contributed by atoms with E-state index in [0.29, 0.717) is 17.9 Å². The summed E-state index contributed by atoms with van der Waals surface area (Å²) in [6, 6.07) is 4.82. The van der Waals surface area contributed by atoms with Gasteiger partial charge in [-0.05, 0) is 19.9 Å². The first-order chi connectivity index (χ1) is 17.7. The van der Waals surface area contributed by atoms with Crippen molar-refractivity contribution in [2.75, 3.05) is 11.5 Å². The van der Waals surface area contributed by atoms with Gasteiger partial charge in [0.15, 0.2) is 10.8 Å². The Morgan fingerprint density at radius 3 is 2.89 bits per heavy atom. The first kappa shape index (κ1) is 24.8. The molecule has 3 aromatic heterocycles. The van der Waals surface area contributed by atoms with E-state index in [9.17, 15) is 19.5 Å². The Bertz CT molecular complexity index is 1460. The molecular weight excluding hydrogens is 518 g/mol. The Morgan fingerprint density at radius 1 is 1.38 bits per heavy atom. The molecule has 2 aliphatic heterocycles. The summed E-state index contributed by atoms with van der Waals surface area (Å²) in [7, 11) is 0. The summed E-state index contributed by atoms with van der Waals surface area (Å²) in [5.74, 6) is -1.96. The van der Waals surface area contributed by atoms with Gasteiger partial charge in [0.2, 0.25) is 0 Å². The third kappa shape index (κ3) is 4.64. The van der Waals surface area contributed by atoms with Gasteiger partial charge in [0.25, 0.3) is 17.5 Å². The van der Waals surface area contributed by atoms with Gasteiger partial charge < -0.3 is 21.0 Å². The van der Waals surface area contributed by atoms with Crippen LogP contribution in [0.15, 0.2) is 58.6 Å². The molecule has 2 amide bonds. The van der Waals surface area contributed by atoms with Gasteiger partial charge in [-0.1, -0.05) is 11.2 Å². The van der Waals surface area contributed by atoms with Crippen LogP contribution in [-0.4, -0.2) is 66.2 Å². The number of thiazole rings is 1. The average molecular weight is 543 g/mol. The van der Waals surface area contributed by atoms with Crippen molar-refractivity contribution in [2.45, 2.75) is 37.9 Å². The standard InChI is InChI=1S/C23H23N7O5S2/c1-12(2)35-27-16(14-11-37-23(24)25-14)19(31)26-17-20(32)30-18(22(33)34)13(10-36-21(17)30)9-29-8-7-28-6-4-3-5-15(28)29/h3-8,11-12,17,21H,9-10H2,1-2H3,(H3-,24,25,26,31,33,34)/p+1/b27-16-/t17-,21-/m1/s1. The number of oxime groups is 1. The van der Waals surface area contributed by atoms with Crippen molar-refractivity contribution in [2.24, 2.45) is 5.16 Å². The fourth-order valence-electron chi connectivity index (χ4n) is 4.16. The average Bonchev–Trinajstić information content (AvgIpc) is 3.48. The van der Waals surface area contributed by atoms with Crippen molar-refractivity contribution in [3.05, 3.63) is 59.1 Å². The molecule has 0 aromatic carbocycles. The molecule has 5 rings (SSSR count). The number of fused-ring (bicyclic) bond motifs is 2. The maximum absolute atomic E-state index is 13.1. The van der Waals surface area contributed by atoms with Gasteiger partial charge in [-0.15, -0.1) is 23.1 Å². The molecular formula is C23H24N7O5S2+. The summed E-state index contributed by atoms with van der Waals surface area (Å²) in [5, 5.41) is 17.9. The van der Waals surface area contributed by atoms with Gasteiger partial charge in [0.05, 0.1) is 6.20 Å².